The zero-order valence-corrected chi connectivity index (χ0v) is 10.6. The highest BCUT2D eigenvalue weighted by molar-refractivity contribution is 5.45. The number of aromatic amines is 1. The number of aromatic nitrogens is 3. The number of nitrogens with zero attached hydrogens (tertiary/aromatic N) is 2. The van der Waals surface area contributed by atoms with E-state index in [9.17, 15) is 4.79 Å². The van der Waals surface area contributed by atoms with Crippen LogP contribution in [0.2, 0.25) is 0 Å². The molecule has 1 saturated heterocycles. The van der Waals surface area contributed by atoms with Gasteiger partial charge in [-0.3, -0.25) is 9.89 Å². The van der Waals surface area contributed by atoms with Crippen LogP contribution < -0.4 is 10.9 Å². The maximum absolute atomic E-state index is 11.9. The van der Waals surface area contributed by atoms with Gasteiger partial charge in [-0.05, 0) is 45.2 Å². The second-order valence-corrected chi connectivity index (χ2v) is 5.12. The summed E-state index contributed by atoms with van der Waals surface area (Å²) in [6, 6.07) is 1.65. The highest BCUT2D eigenvalue weighted by atomic mass is 16.1. The normalized spacial score (nSPS) is 20.4. The molecule has 18 heavy (non-hydrogen) atoms. The fourth-order valence-corrected chi connectivity index (χ4v) is 2.64. The van der Waals surface area contributed by atoms with Crippen LogP contribution in [0.15, 0.2) is 17.1 Å². The highest BCUT2D eigenvalue weighted by Gasteiger charge is 2.15. The van der Waals surface area contributed by atoms with E-state index < -0.39 is 0 Å². The number of aryl methyl sites for hydroxylation is 1. The van der Waals surface area contributed by atoms with Gasteiger partial charge in [0.05, 0.1) is 0 Å². The van der Waals surface area contributed by atoms with E-state index in [1.165, 1.54) is 17.4 Å². The fourth-order valence-electron chi connectivity index (χ4n) is 2.64. The van der Waals surface area contributed by atoms with Gasteiger partial charge in [0.1, 0.15) is 0 Å². The van der Waals surface area contributed by atoms with Gasteiger partial charge in [-0.1, -0.05) is 0 Å². The maximum atomic E-state index is 11.9. The van der Waals surface area contributed by atoms with Crippen LogP contribution in [0.25, 0.3) is 5.65 Å². The Morgan fingerprint density at radius 3 is 3.22 bits per heavy atom. The number of hydrogen-bond acceptors (Lipinski definition) is 3. The van der Waals surface area contributed by atoms with E-state index in [1.54, 1.807) is 6.07 Å². The molecule has 1 unspecified atom stereocenters. The van der Waals surface area contributed by atoms with E-state index in [4.69, 9.17) is 0 Å². The van der Waals surface area contributed by atoms with Crippen molar-refractivity contribution in [3.8, 4) is 0 Å². The topological polar surface area (TPSA) is 62.2 Å². The van der Waals surface area contributed by atoms with Gasteiger partial charge in [-0.25, -0.2) is 9.50 Å². The number of rotatable bonds is 2. The van der Waals surface area contributed by atoms with Crippen molar-refractivity contribution in [3.05, 3.63) is 33.9 Å². The minimum Gasteiger partial charge on any atom is -0.316 e. The Kier molecular flexibility index (Phi) is 2.91. The van der Waals surface area contributed by atoms with Crippen molar-refractivity contribution in [2.75, 3.05) is 13.1 Å². The molecule has 1 aliphatic heterocycles. The first-order valence-corrected chi connectivity index (χ1v) is 6.51. The molecule has 0 bridgehead atoms. The Morgan fingerprint density at radius 2 is 2.44 bits per heavy atom. The Morgan fingerprint density at radius 1 is 1.56 bits per heavy atom. The van der Waals surface area contributed by atoms with Gasteiger partial charge >= 0.3 is 0 Å². The summed E-state index contributed by atoms with van der Waals surface area (Å²) in [5, 5.41) is 6.31. The Labute approximate surface area is 105 Å². The summed E-state index contributed by atoms with van der Waals surface area (Å²) in [5.74, 6) is 0.604. The molecule has 0 spiro atoms. The third kappa shape index (κ3) is 2.06. The molecule has 2 aromatic heterocycles. The molecule has 1 atom stereocenters. The summed E-state index contributed by atoms with van der Waals surface area (Å²) in [4.78, 5) is 16.5. The van der Waals surface area contributed by atoms with Crippen LogP contribution in [0.3, 0.4) is 0 Å². The number of H-pyrrole nitrogens is 1. The van der Waals surface area contributed by atoms with Gasteiger partial charge in [0.15, 0.2) is 5.65 Å². The van der Waals surface area contributed by atoms with Gasteiger partial charge < -0.3 is 5.32 Å². The smallest absolute Gasteiger partial charge is 0.272 e. The SMILES string of the molecule is Cc1c[nH]n2c(=O)cc(CC3CCCNC3)nc12. The van der Waals surface area contributed by atoms with E-state index in [-0.39, 0.29) is 5.56 Å². The molecule has 5 heteroatoms. The lowest BCUT2D eigenvalue weighted by molar-refractivity contribution is 0.373. The van der Waals surface area contributed by atoms with E-state index >= 15 is 0 Å². The van der Waals surface area contributed by atoms with Crippen molar-refractivity contribution in [1.82, 2.24) is 19.9 Å². The summed E-state index contributed by atoms with van der Waals surface area (Å²) >= 11 is 0. The first-order chi connectivity index (χ1) is 8.74. The van der Waals surface area contributed by atoms with Crippen molar-refractivity contribution in [2.24, 2.45) is 5.92 Å². The summed E-state index contributed by atoms with van der Waals surface area (Å²) in [5.41, 5.74) is 2.65. The van der Waals surface area contributed by atoms with Crippen LogP contribution in [-0.4, -0.2) is 27.7 Å². The molecule has 0 aromatic carbocycles. The van der Waals surface area contributed by atoms with Crippen molar-refractivity contribution in [1.29, 1.82) is 0 Å². The van der Waals surface area contributed by atoms with Crippen molar-refractivity contribution in [3.63, 3.8) is 0 Å². The van der Waals surface area contributed by atoms with E-state index in [0.29, 0.717) is 5.92 Å². The average Bonchev–Trinajstić information content (AvgIpc) is 2.73. The van der Waals surface area contributed by atoms with Crippen LogP contribution in [0.5, 0.6) is 0 Å². The first kappa shape index (κ1) is 11.5. The van der Waals surface area contributed by atoms with E-state index in [1.807, 2.05) is 13.1 Å². The molecule has 3 heterocycles. The number of hydrogen-bond donors (Lipinski definition) is 2. The Bertz CT molecular complexity index is 607. The van der Waals surface area contributed by atoms with Crippen LogP contribution in [-0.2, 0) is 6.42 Å². The quantitative estimate of drug-likeness (QED) is 0.826. The standard InChI is InChI=1S/C13H18N4O/c1-9-7-15-17-12(18)6-11(16-13(9)17)5-10-3-2-4-14-8-10/h6-7,10,14-15H,2-5,8H2,1H3. The zero-order valence-electron chi connectivity index (χ0n) is 10.6. The predicted octanol–water partition coefficient (Wildman–Crippen LogP) is 0.873. The molecule has 2 N–H and O–H groups in total. The number of piperidine rings is 1. The molecule has 1 fully saturated rings. The van der Waals surface area contributed by atoms with Crippen molar-refractivity contribution in [2.45, 2.75) is 26.2 Å². The average molecular weight is 246 g/mol. The molecule has 0 saturated carbocycles. The Hall–Kier alpha value is -1.62. The van der Waals surface area contributed by atoms with Crippen LogP contribution in [0.1, 0.15) is 24.1 Å². The van der Waals surface area contributed by atoms with Gasteiger partial charge in [0.25, 0.3) is 5.56 Å². The van der Waals surface area contributed by atoms with Gasteiger partial charge in [0.2, 0.25) is 0 Å². The predicted molar refractivity (Wildman–Crippen MR) is 69.8 cm³/mol. The van der Waals surface area contributed by atoms with Gasteiger partial charge in [-0.15, -0.1) is 0 Å². The molecular weight excluding hydrogens is 228 g/mol. The van der Waals surface area contributed by atoms with Gasteiger partial charge in [-0.2, -0.15) is 0 Å². The Balaban J connectivity index is 1.92. The molecule has 3 rings (SSSR count). The third-order valence-electron chi connectivity index (χ3n) is 3.63. The second-order valence-electron chi connectivity index (χ2n) is 5.12. The van der Waals surface area contributed by atoms with E-state index in [0.717, 1.165) is 36.4 Å². The summed E-state index contributed by atoms with van der Waals surface area (Å²) < 4.78 is 1.50. The molecule has 2 aromatic rings. The van der Waals surface area contributed by atoms with E-state index in [2.05, 4.69) is 15.4 Å². The summed E-state index contributed by atoms with van der Waals surface area (Å²) in [6.45, 7) is 4.11. The first-order valence-electron chi connectivity index (χ1n) is 6.51. The summed E-state index contributed by atoms with van der Waals surface area (Å²) in [6.07, 6.45) is 5.15. The van der Waals surface area contributed by atoms with Crippen LogP contribution in [0.4, 0.5) is 0 Å². The molecule has 1 aliphatic rings. The fraction of sp³-hybridized carbons (Fsp3) is 0.538. The monoisotopic (exact) mass is 246 g/mol. The molecule has 0 radical (unpaired) electrons. The molecule has 0 amide bonds. The molecular formula is C13H18N4O. The molecule has 0 aliphatic carbocycles. The second kappa shape index (κ2) is 4.57. The molecule has 96 valence electrons. The lowest BCUT2D eigenvalue weighted by atomic mass is 9.94. The largest absolute Gasteiger partial charge is 0.316 e. The lowest BCUT2D eigenvalue weighted by Gasteiger charge is -2.22. The van der Waals surface area contributed by atoms with Crippen LogP contribution >= 0.6 is 0 Å². The zero-order chi connectivity index (χ0) is 12.5. The molecule has 5 nitrogen and oxygen atoms in total. The van der Waals surface area contributed by atoms with Crippen LogP contribution in [0, 0.1) is 12.8 Å². The minimum atomic E-state index is -0.0214. The third-order valence-corrected chi connectivity index (χ3v) is 3.63. The highest BCUT2D eigenvalue weighted by Crippen LogP contribution is 2.15. The summed E-state index contributed by atoms with van der Waals surface area (Å²) in [7, 11) is 0. The lowest BCUT2D eigenvalue weighted by Crippen LogP contribution is -2.31. The van der Waals surface area contributed by atoms with Crippen molar-refractivity contribution < 1.29 is 0 Å². The number of fused-ring (bicyclic) bond motifs is 1. The van der Waals surface area contributed by atoms with Gasteiger partial charge in [0, 0.05) is 23.5 Å². The van der Waals surface area contributed by atoms with Crippen molar-refractivity contribution >= 4 is 5.65 Å². The number of nitrogens with one attached hydrogen (secondary N) is 2. The maximum Gasteiger partial charge on any atom is 0.272 e. The minimum absolute atomic E-state index is 0.0214.